The molecule has 1 aliphatic rings. The third kappa shape index (κ3) is 1.36. The highest BCUT2D eigenvalue weighted by Gasteiger charge is 2.25. The predicted octanol–water partition coefficient (Wildman–Crippen LogP) is 2.36. The van der Waals surface area contributed by atoms with Crippen LogP contribution in [0.3, 0.4) is 0 Å². The summed E-state index contributed by atoms with van der Waals surface area (Å²) in [6.45, 7) is 1.33. The Bertz CT molecular complexity index is 536. The highest BCUT2D eigenvalue weighted by Crippen LogP contribution is 2.31. The van der Waals surface area contributed by atoms with Crippen molar-refractivity contribution < 1.29 is 14.6 Å². The summed E-state index contributed by atoms with van der Waals surface area (Å²) in [7, 11) is 0. The number of aromatic nitrogens is 1. The normalized spacial score (nSPS) is 20.6. The van der Waals surface area contributed by atoms with E-state index in [2.05, 4.69) is 0 Å². The maximum Gasteiger partial charge on any atom is 0.352 e. The summed E-state index contributed by atoms with van der Waals surface area (Å²) in [5.41, 5.74) is 0.373. The van der Waals surface area contributed by atoms with Crippen molar-refractivity contribution in [3.8, 4) is 0 Å². The molecular weight excluding hydrogens is 226 g/mol. The number of rotatable bonds is 2. The van der Waals surface area contributed by atoms with E-state index in [1.165, 1.54) is 0 Å². The Labute approximate surface area is 96.1 Å². The van der Waals surface area contributed by atoms with Crippen LogP contribution in [0.5, 0.6) is 0 Å². The van der Waals surface area contributed by atoms with Crippen LogP contribution in [0.4, 0.5) is 0 Å². The van der Waals surface area contributed by atoms with E-state index in [0.29, 0.717) is 12.3 Å². The summed E-state index contributed by atoms with van der Waals surface area (Å²) in [4.78, 5) is 12.2. The molecule has 0 spiro atoms. The smallest absolute Gasteiger partial charge is 0.352 e. The number of carboxylic acid groups (broad SMARTS) is 1. The monoisotopic (exact) mass is 237 g/mol. The fraction of sp³-hybridized carbons (Fsp3) is 0.364. The Morgan fingerprint density at radius 2 is 2.50 bits per heavy atom. The Kier molecular flexibility index (Phi) is 2.22. The number of carbonyl (C=O) groups is 1. The number of fused-ring (bicyclic) bond motifs is 1. The van der Waals surface area contributed by atoms with Gasteiger partial charge in [0.05, 0.1) is 12.6 Å². The van der Waals surface area contributed by atoms with E-state index in [9.17, 15) is 9.90 Å². The molecule has 0 radical (unpaired) electrons. The lowest BCUT2D eigenvalue weighted by Crippen LogP contribution is -2.14. The Hall–Kier alpha value is -1.33. The first kappa shape index (κ1) is 9.86. The first-order chi connectivity index (χ1) is 7.77. The van der Waals surface area contributed by atoms with Gasteiger partial charge in [-0.3, -0.25) is 0 Å². The van der Waals surface area contributed by atoms with E-state index < -0.39 is 5.97 Å². The predicted molar refractivity (Wildman–Crippen MR) is 61.2 cm³/mol. The minimum Gasteiger partial charge on any atom is -0.477 e. The van der Waals surface area contributed by atoms with Gasteiger partial charge in [0.2, 0.25) is 0 Å². The third-order valence-corrected chi connectivity index (χ3v) is 3.86. The lowest BCUT2D eigenvalue weighted by molar-refractivity contribution is 0.0682. The second-order valence-electron chi connectivity index (χ2n) is 3.90. The van der Waals surface area contributed by atoms with Crippen molar-refractivity contribution in [1.29, 1.82) is 0 Å². The highest BCUT2D eigenvalue weighted by atomic mass is 32.1. The molecule has 16 heavy (non-hydrogen) atoms. The molecule has 2 aromatic heterocycles. The van der Waals surface area contributed by atoms with Gasteiger partial charge in [0.15, 0.2) is 0 Å². The van der Waals surface area contributed by atoms with Gasteiger partial charge in [0.1, 0.15) is 10.5 Å². The van der Waals surface area contributed by atoms with Crippen LogP contribution < -0.4 is 0 Å². The minimum absolute atomic E-state index is 0.169. The van der Waals surface area contributed by atoms with E-state index in [1.54, 1.807) is 17.4 Å². The molecule has 1 fully saturated rings. The second-order valence-corrected chi connectivity index (χ2v) is 4.80. The van der Waals surface area contributed by atoms with Gasteiger partial charge in [-0.2, -0.15) is 0 Å². The van der Waals surface area contributed by atoms with Crippen LogP contribution in [0, 0.1) is 0 Å². The van der Waals surface area contributed by atoms with E-state index in [-0.39, 0.29) is 6.04 Å². The van der Waals surface area contributed by atoms with E-state index in [0.717, 1.165) is 23.2 Å². The standard InChI is InChI=1S/C11H11NO3S/c13-11(14)9-5-7-2-4-16-10(7)12(9)8-1-3-15-6-8/h2,4-5,8H,1,3,6H2,(H,13,14). The molecule has 4 nitrogen and oxygen atoms in total. The maximum absolute atomic E-state index is 11.2. The number of aromatic carboxylic acids is 1. The molecule has 1 unspecified atom stereocenters. The van der Waals surface area contributed by atoms with Crippen molar-refractivity contribution >= 4 is 27.5 Å². The van der Waals surface area contributed by atoms with Crippen LogP contribution in [-0.2, 0) is 4.74 Å². The average molecular weight is 237 g/mol. The molecule has 1 saturated heterocycles. The third-order valence-electron chi connectivity index (χ3n) is 2.93. The Morgan fingerprint density at radius 3 is 3.19 bits per heavy atom. The largest absolute Gasteiger partial charge is 0.477 e. The van der Waals surface area contributed by atoms with E-state index >= 15 is 0 Å². The lowest BCUT2D eigenvalue weighted by Gasteiger charge is -2.13. The summed E-state index contributed by atoms with van der Waals surface area (Å²) < 4.78 is 7.24. The van der Waals surface area contributed by atoms with E-state index in [1.807, 2.05) is 16.0 Å². The molecule has 5 heteroatoms. The molecule has 0 aliphatic carbocycles. The zero-order valence-corrected chi connectivity index (χ0v) is 9.37. The van der Waals surface area contributed by atoms with Crippen molar-refractivity contribution in [1.82, 2.24) is 4.57 Å². The average Bonchev–Trinajstić information content (AvgIpc) is 2.92. The van der Waals surface area contributed by atoms with Crippen LogP contribution in [-0.4, -0.2) is 28.9 Å². The van der Waals surface area contributed by atoms with Crippen molar-refractivity contribution in [2.75, 3.05) is 13.2 Å². The minimum atomic E-state index is -0.865. The maximum atomic E-state index is 11.2. The molecule has 3 heterocycles. The van der Waals surface area contributed by atoms with Crippen molar-refractivity contribution in [2.45, 2.75) is 12.5 Å². The van der Waals surface area contributed by atoms with Gasteiger partial charge in [0.25, 0.3) is 0 Å². The zero-order chi connectivity index (χ0) is 11.1. The van der Waals surface area contributed by atoms with Crippen LogP contribution >= 0.6 is 11.3 Å². The molecule has 0 saturated carbocycles. The number of hydrogen-bond acceptors (Lipinski definition) is 3. The number of ether oxygens (including phenoxy) is 1. The Morgan fingerprint density at radius 1 is 1.62 bits per heavy atom. The molecule has 0 aromatic carbocycles. The number of nitrogens with zero attached hydrogens (tertiary/aromatic N) is 1. The quantitative estimate of drug-likeness (QED) is 0.872. The van der Waals surface area contributed by atoms with Gasteiger partial charge in [0, 0.05) is 12.0 Å². The molecule has 1 N–H and O–H groups in total. The molecule has 1 aliphatic heterocycles. The van der Waals surface area contributed by atoms with Gasteiger partial charge < -0.3 is 14.4 Å². The van der Waals surface area contributed by atoms with Gasteiger partial charge in [-0.15, -0.1) is 11.3 Å². The van der Waals surface area contributed by atoms with Crippen molar-refractivity contribution in [2.24, 2.45) is 0 Å². The van der Waals surface area contributed by atoms with Gasteiger partial charge in [-0.1, -0.05) is 0 Å². The molecule has 3 rings (SSSR count). The molecule has 84 valence electrons. The topological polar surface area (TPSA) is 51.5 Å². The summed E-state index contributed by atoms with van der Waals surface area (Å²) in [5.74, 6) is -0.865. The van der Waals surface area contributed by atoms with Crippen LogP contribution in [0.1, 0.15) is 23.0 Å². The van der Waals surface area contributed by atoms with Crippen molar-refractivity contribution in [3.63, 3.8) is 0 Å². The van der Waals surface area contributed by atoms with Crippen LogP contribution in [0.15, 0.2) is 17.5 Å². The fourth-order valence-electron chi connectivity index (χ4n) is 2.20. The van der Waals surface area contributed by atoms with Gasteiger partial charge >= 0.3 is 5.97 Å². The molecule has 1 atom stereocenters. The molecular formula is C11H11NO3S. The van der Waals surface area contributed by atoms with E-state index in [4.69, 9.17) is 4.74 Å². The van der Waals surface area contributed by atoms with Gasteiger partial charge in [-0.05, 0) is 23.9 Å². The lowest BCUT2D eigenvalue weighted by atomic mass is 10.2. The summed E-state index contributed by atoms with van der Waals surface area (Å²) in [5, 5.41) is 12.2. The Balaban J connectivity index is 2.20. The number of carboxylic acids is 1. The van der Waals surface area contributed by atoms with Crippen LogP contribution in [0.2, 0.25) is 0 Å². The fourth-order valence-corrected chi connectivity index (χ4v) is 3.16. The zero-order valence-electron chi connectivity index (χ0n) is 8.55. The number of thiophene rings is 1. The first-order valence-corrected chi connectivity index (χ1v) is 6.05. The molecule has 0 amide bonds. The highest BCUT2D eigenvalue weighted by molar-refractivity contribution is 7.16. The van der Waals surface area contributed by atoms with Crippen LogP contribution in [0.25, 0.3) is 10.2 Å². The molecule has 2 aromatic rings. The second kappa shape index (κ2) is 3.61. The summed E-state index contributed by atoms with van der Waals surface area (Å²) in [6.07, 6.45) is 0.891. The van der Waals surface area contributed by atoms with Gasteiger partial charge in [-0.25, -0.2) is 4.79 Å². The molecule has 0 bridgehead atoms. The number of hydrogen-bond donors (Lipinski definition) is 1. The SMILES string of the molecule is O=C(O)c1cc2ccsc2n1C1CCOC1. The van der Waals surface area contributed by atoms with Crippen molar-refractivity contribution in [3.05, 3.63) is 23.2 Å². The first-order valence-electron chi connectivity index (χ1n) is 5.17. The summed E-state index contributed by atoms with van der Waals surface area (Å²) in [6, 6.07) is 3.87. The summed E-state index contributed by atoms with van der Waals surface area (Å²) >= 11 is 1.58.